The Balaban J connectivity index is 1.73. The minimum Gasteiger partial charge on any atom is -0.355 e. The summed E-state index contributed by atoms with van der Waals surface area (Å²) in [7, 11) is 1.85. The van der Waals surface area contributed by atoms with Crippen LogP contribution in [0.5, 0.6) is 0 Å². The maximum absolute atomic E-state index is 12.9. The third-order valence-corrected chi connectivity index (χ3v) is 4.10. The van der Waals surface area contributed by atoms with Crippen molar-refractivity contribution >= 4 is 29.1 Å². The Labute approximate surface area is 151 Å². The minimum absolute atomic E-state index is 0.0651. The van der Waals surface area contributed by atoms with Crippen LogP contribution in [0.15, 0.2) is 42.5 Å². The van der Waals surface area contributed by atoms with Gasteiger partial charge in [0.1, 0.15) is 5.82 Å². The summed E-state index contributed by atoms with van der Waals surface area (Å²) in [5, 5.41) is 4.06. The van der Waals surface area contributed by atoms with Crippen molar-refractivity contribution in [2.75, 3.05) is 20.1 Å². The topological polar surface area (TPSA) is 32.3 Å². The van der Waals surface area contributed by atoms with E-state index in [0.717, 1.165) is 11.1 Å². The van der Waals surface area contributed by atoms with Crippen molar-refractivity contribution in [1.29, 1.82) is 0 Å². The van der Waals surface area contributed by atoms with Crippen LogP contribution in [0, 0.1) is 5.82 Å². The molecule has 2 aromatic carbocycles. The lowest BCUT2D eigenvalue weighted by atomic mass is 10.1. The van der Waals surface area contributed by atoms with E-state index >= 15 is 0 Å². The van der Waals surface area contributed by atoms with Gasteiger partial charge in [-0.05, 0) is 48.9 Å². The fraction of sp³-hybridized carbons (Fsp3) is 0.278. The zero-order valence-electron chi connectivity index (χ0n) is 13.4. The maximum Gasteiger partial charge on any atom is 0.234 e. The maximum atomic E-state index is 12.9. The molecule has 6 heteroatoms. The van der Waals surface area contributed by atoms with Gasteiger partial charge >= 0.3 is 0 Å². The number of benzene rings is 2. The first-order valence-corrected chi connectivity index (χ1v) is 8.33. The number of halogens is 3. The van der Waals surface area contributed by atoms with E-state index in [2.05, 4.69) is 5.32 Å². The van der Waals surface area contributed by atoms with Crippen LogP contribution in [-0.2, 0) is 17.8 Å². The SMILES string of the molecule is CN(CC(=O)NCCc1ccc(Cl)cc1Cl)Cc1ccc(F)cc1. The number of carbonyl (C=O) groups excluding carboxylic acids is 1. The first kappa shape index (κ1) is 18.7. The van der Waals surface area contributed by atoms with Gasteiger partial charge in [-0.2, -0.15) is 0 Å². The van der Waals surface area contributed by atoms with Crippen molar-refractivity contribution in [3.05, 3.63) is 69.5 Å². The molecule has 2 aromatic rings. The van der Waals surface area contributed by atoms with Crippen molar-refractivity contribution in [2.45, 2.75) is 13.0 Å². The summed E-state index contributed by atoms with van der Waals surface area (Å²) in [6, 6.07) is 11.6. The summed E-state index contributed by atoms with van der Waals surface area (Å²) in [6.07, 6.45) is 0.642. The van der Waals surface area contributed by atoms with Gasteiger partial charge in [0.15, 0.2) is 0 Å². The van der Waals surface area contributed by atoms with Crippen molar-refractivity contribution in [1.82, 2.24) is 10.2 Å². The predicted molar refractivity (Wildman–Crippen MR) is 95.9 cm³/mol. The molecule has 0 radical (unpaired) electrons. The van der Waals surface area contributed by atoms with Gasteiger partial charge in [-0.15, -0.1) is 0 Å². The largest absolute Gasteiger partial charge is 0.355 e. The molecule has 24 heavy (non-hydrogen) atoms. The van der Waals surface area contributed by atoms with E-state index < -0.39 is 0 Å². The molecule has 0 bridgehead atoms. The lowest BCUT2D eigenvalue weighted by molar-refractivity contribution is -0.122. The Bertz CT molecular complexity index is 692. The van der Waals surface area contributed by atoms with Gasteiger partial charge < -0.3 is 5.32 Å². The quantitative estimate of drug-likeness (QED) is 0.802. The first-order valence-electron chi connectivity index (χ1n) is 7.57. The van der Waals surface area contributed by atoms with Crippen molar-refractivity contribution in [3.8, 4) is 0 Å². The van der Waals surface area contributed by atoms with E-state index in [1.165, 1.54) is 12.1 Å². The first-order chi connectivity index (χ1) is 11.4. The van der Waals surface area contributed by atoms with E-state index in [4.69, 9.17) is 23.2 Å². The number of nitrogens with one attached hydrogen (secondary N) is 1. The number of likely N-dealkylation sites (N-methyl/N-ethyl adjacent to an activating group) is 1. The van der Waals surface area contributed by atoms with Crippen molar-refractivity contribution in [3.63, 3.8) is 0 Å². The van der Waals surface area contributed by atoms with Gasteiger partial charge in [-0.1, -0.05) is 41.4 Å². The van der Waals surface area contributed by atoms with Crippen molar-refractivity contribution < 1.29 is 9.18 Å². The molecule has 0 heterocycles. The molecule has 0 unspecified atom stereocenters. The van der Waals surface area contributed by atoms with Gasteiger partial charge in [0.25, 0.3) is 0 Å². The van der Waals surface area contributed by atoms with Crippen LogP contribution in [0.1, 0.15) is 11.1 Å². The van der Waals surface area contributed by atoms with Crippen LogP contribution in [0.4, 0.5) is 4.39 Å². The van der Waals surface area contributed by atoms with E-state index in [-0.39, 0.29) is 18.3 Å². The second-order valence-corrected chi connectivity index (χ2v) is 6.48. The molecule has 1 N–H and O–H groups in total. The second-order valence-electron chi connectivity index (χ2n) is 5.63. The highest BCUT2D eigenvalue weighted by molar-refractivity contribution is 6.35. The lowest BCUT2D eigenvalue weighted by Crippen LogP contribution is -2.35. The minimum atomic E-state index is -0.264. The number of carbonyl (C=O) groups is 1. The fourth-order valence-corrected chi connectivity index (χ4v) is 2.82. The third kappa shape index (κ3) is 6.11. The Kier molecular flexibility index (Phi) is 7.03. The van der Waals surface area contributed by atoms with Gasteiger partial charge in [0.05, 0.1) is 6.54 Å². The Morgan fingerprint density at radius 1 is 1.17 bits per heavy atom. The normalized spacial score (nSPS) is 10.9. The Morgan fingerprint density at radius 3 is 2.54 bits per heavy atom. The molecule has 0 aromatic heterocycles. The van der Waals surface area contributed by atoms with Gasteiger partial charge in [0.2, 0.25) is 5.91 Å². The zero-order chi connectivity index (χ0) is 17.5. The fourth-order valence-electron chi connectivity index (χ4n) is 2.32. The van der Waals surface area contributed by atoms with Gasteiger partial charge in [-0.3, -0.25) is 9.69 Å². The standard InChI is InChI=1S/C18H19Cl2FN2O/c1-23(11-13-2-6-16(21)7-3-13)12-18(24)22-9-8-14-4-5-15(19)10-17(14)20/h2-7,10H,8-9,11-12H2,1H3,(H,22,24). The van der Waals surface area contributed by atoms with E-state index in [0.29, 0.717) is 29.6 Å². The molecule has 0 atom stereocenters. The highest BCUT2D eigenvalue weighted by Gasteiger charge is 2.08. The summed E-state index contributed by atoms with van der Waals surface area (Å²) in [5.74, 6) is -0.329. The molecule has 3 nitrogen and oxygen atoms in total. The summed E-state index contributed by atoms with van der Waals surface area (Å²) < 4.78 is 12.9. The third-order valence-electron chi connectivity index (χ3n) is 3.51. The van der Waals surface area contributed by atoms with Crippen LogP contribution < -0.4 is 5.32 Å². The highest BCUT2D eigenvalue weighted by Crippen LogP contribution is 2.21. The molecule has 0 aliphatic heterocycles. The average Bonchev–Trinajstić information content (AvgIpc) is 2.51. The summed E-state index contributed by atoms with van der Waals surface area (Å²) in [4.78, 5) is 13.8. The van der Waals surface area contributed by atoms with Crippen LogP contribution in [0.2, 0.25) is 10.0 Å². The molecule has 2 rings (SSSR count). The summed E-state index contributed by atoms with van der Waals surface area (Å²) in [6.45, 7) is 1.35. The molecule has 128 valence electrons. The zero-order valence-corrected chi connectivity index (χ0v) is 14.9. The molecular formula is C18H19Cl2FN2O. The number of hydrogen-bond donors (Lipinski definition) is 1. The lowest BCUT2D eigenvalue weighted by Gasteiger charge is -2.16. The number of nitrogens with zero attached hydrogens (tertiary/aromatic N) is 1. The molecule has 1 amide bonds. The average molecular weight is 369 g/mol. The molecular weight excluding hydrogens is 350 g/mol. The van der Waals surface area contributed by atoms with E-state index in [9.17, 15) is 9.18 Å². The monoisotopic (exact) mass is 368 g/mol. The van der Waals surface area contributed by atoms with Crippen LogP contribution in [0.25, 0.3) is 0 Å². The molecule has 0 aliphatic rings. The number of hydrogen-bond acceptors (Lipinski definition) is 2. The van der Waals surface area contributed by atoms with Crippen LogP contribution >= 0.6 is 23.2 Å². The van der Waals surface area contributed by atoms with E-state index in [1.807, 2.05) is 18.0 Å². The van der Waals surface area contributed by atoms with E-state index in [1.54, 1.807) is 24.3 Å². The summed E-state index contributed by atoms with van der Waals surface area (Å²) >= 11 is 12.0. The number of rotatable bonds is 7. The summed E-state index contributed by atoms with van der Waals surface area (Å²) in [5.41, 5.74) is 1.90. The molecule has 0 fully saturated rings. The van der Waals surface area contributed by atoms with Crippen LogP contribution in [0.3, 0.4) is 0 Å². The molecule has 0 saturated heterocycles. The highest BCUT2D eigenvalue weighted by atomic mass is 35.5. The van der Waals surface area contributed by atoms with Crippen molar-refractivity contribution in [2.24, 2.45) is 0 Å². The predicted octanol–water partition coefficient (Wildman–Crippen LogP) is 3.92. The molecule has 0 aliphatic carbocycles. The van der Waals surface area contributed by atoms with Gasteiger partial charge in [0, 0.05) is 23.1 Å². The smallest absolute Gasteiger partial charge is 0.234 e. The Hall–Kier alpha value is -1.62. The molecule has 0 spiro atoms. The second kappa shape index (κ2) is 9.02. The Morgan fingerprint density at radius 2 is 1.88 bits per heavy atom. The van der Waals surface area contributed by atoms with Gasteiger partial charge in [-0.25, -0.2) is 4.39 Å². The number of amides is 1. The van der Waals surface area contributed by atoms with Crippen LogP contribution in [-0.4, -0.2) is 30.9 Å². The molecule has 0 saturated carbocycles.